The molecule has 0 saturated heterocycles. The van der Waals surface area contributed by atoms with Gasteiger partial charge < -0.3 is 4.90 Å². The third kappa shape index (κ3) is 8.89. The Bertz CT molecular complexity index is 114. The molecule has 0 aromatic heterocycles. The van der Waals surface area contributed by atoms with Crippen molar-refractivity contribution in [1.29, 1.82) is 0 Å². The monoisotopic (exact) mass is 301 g/mol. The van der Waals surface area contributed by atoms with Gasteiger partial charge in [0, 0.05) is 0 Å². The van der Waals surface area contributed by atoms with E-state index in [1.54, 1.807) is 0 Å². The molecule has 80 valence electrons. The molecule has 0 spiro atoms. The second-order valence-corrected chi connectivity index (χ2v) is 3.65. The number of halogens is 1. The van der Waals surface area contributed by atoms with E-state index in [9.17, 15) is 0 Å². The van der Waals surface area contributed by atoms with Crippen LogP contribution in [-0.4, -0.2) is 45.0 Å². The van der Waals surface area contributed by atoms with E-state index in [1.165, 1.54) is 0 Å². The van der Waals surface area contributed by atoms with E-state index in [0.29, 0.717) is 0 Å². The van der Waals surface area contributed by atoms with Crippen molar-refractivity contribution in [3.8, 4) is 0 Å². The van der Waals surface area contributed by atoms with Gasteiger partial charge in [0.05, 0.1) is 0 Å². The zero-order valence-corrected chi connectivity index (χ0v) is 10.8. The summed E-state index contributed by atoms with van der Waals surface area (Å²) >= 11 is 1.90. The Kier molecular flexibility index (Phi) is 9.54. The molecule has 0 aromatic rings. The van der Waals surface area contributed by atoms with Crippen LogP contribution in [0.5, 0.6) is 0 Å². The Balaban J connectivity index is 3.27. The number of rotatable bonds is 8. The van der Waals surface area contributed by atoms with Gasteiger partial charge >= 0.3 is 0 Å². The van der Waals surface area contributed by atoms with E-state index in [-0.39, 0.29) is 6.35 Å². The zero-order chi connectivity index (χ0) is 10.1. The van der Waals surface area contributed by atoms with Gasteiger partial charge in [0.25, 0.3) is 0 Å². The van der Waals surface area contributed by atoms with Crippen LogP contribution >= 0.6 is 23.0 Å². The largest absolute Gasteiger partial charge is 0.309 e. The molecule has 4 nitrogen and oxygen atoms in total. The summed E-state index contributed by atoms with van der Waals surface area (Å²) in [5, 5.41) is 6.42. The molecule has 0 rings (SSSR count). The highest BCUT2D eigenvalue weighted by atomic mass is 127. The van der Waals surface area contributed by atoms with Crippen molar-refractivity contribution in [2.45, 2.75) is 19.7 Å². The maximum absolute atomic E-state index is 5.13. The standard InChI is InChI=1S/C8H20IN3O/c1-4-10-8(13-9)11-6-5-7-12(2)3/h8,10-11H,4-7H2,1-3H3. The molecule has 0 aliphatic carbocycles. The summed E-state index contributed by atoms with van der Waals surface area (Å²) in [5.41, 5.74) is 0. The fourth-order valence-corrected chi connectivity index (χ4v) is 1.31. The predicted molar refractivity (Wildman–Crippen MR) is 63.7 cm³/mol. The van der Waals surface area contributed by atoms with E-state index in [4.69, 9.17) is 3.07 Å². The molecule has 0 radical (unpaired) electrons. The fourth-order valence-electron chi connectivity index (χ4n) is 0.949. The summed E-state index contributed by atoms with van der Waals surface area (Å²) in [6.45, 7) is 5.05. The molecule has 0 fully saturated rings. The lowest BCUT2D eigenvalue weighted by molar-refractivity contribution is 0.187. The van der Waals surface area contributed by atoms with E-state index in [1.807, 2.05) is 23.0 Å². The number of nitrogens with zero attached hydrogens (tertiary/aromatic N) is 1. The van der Waals surface area contributed by atoms with Crippen molar-refractivity contribution < 1.29 is 3.07 Å². The summed E-state index contributed by atoms with van der Waals surface area (Å²) in [4.78, 5) is 2.18. The molecule has 0 bridgehead atoms. The van der Waals surface area contributed by atoms with Crippen LogP contribution in [-0.2, 0) is 3.07 Å². The third-order valence-electron chi connectivity index (χ3n) is 1.59. The Morgan fingerprint density at radius 3 is 2.54 bits per heavy atom. The Hall–Kier alpha value is 0.570. The molecule has 1 atom stereocenters. The molecule has 5 heteroatoms. The van der Waals surface area contributed by atoms with Crippen LogP contribution in [0.1, 0.15) is 13.3 Å². The van der Waals surface area contributed by atoms with E-state index < -0.39 is 0 Å². The van der Waals surface area contributed by atoms with Gasteiger partial charge in [-0.3, -0.25) is 13.7 Å². The first-order valence-corrected chi connectivity index (χ1v) is 5.47. The van der Waals surface area contributed by atoms with Gasteiger partial charge in [-0.25, -0.2) is 0 Å². The third-order valence-corrected chi connectivity index (χ3v) is 2.10. The highest BCUT2D eigenvalue weighted by molar-refractivity contribution is 14.1. The summed E-state index contributed by atoms with van der Waals surface area (Å²) in [6, 6.07) is 0. The van der Waals surface area contributed by atoms with E-state index >= 15 is 0 Å². The average Bonchev–Trinajstić information content (AvgIpc) is 2.10. The Morgan fingerprint density at radius 1 is 1.38 bits per heavy atom. The molecule has 0 amide bonds. The smallest absolute Gasteiger partial charge is 0.175 e. The zero-order valence-electron chi connectivity index (χ0n) is 8.64. The quantitative estimate of drug-likeness (QED) is 0.395. The predicted octanol–water partition coefficient (Wildman–Crippen LogP) is 0.787. The molecular formula is C8H20IN3O. The van der Waals surface area contributed by atoms with Gasteiger partial charge in [0.1, 0.15) is 23.0 Å². The normalized spacial score (nSPS) is 13.6. The first-order chi connectivity index (χ1) is 6.20. The van der Waals surface area contributed by atoms with Gasteiger partial charge in [0.15, 0.2) is 6.35 Å². The highest BCUT2D eigenvalue weighted by Gasteiger charge is 2.03. The topological polar surface area (TPSA) is 36.5 Å². The van der Waals surface area contributed by atoms with Crippen LogP contribution in [0.25, 0.3) is 0 Å². The lowest BCUT2D eigenvalue weighted by atomic mass is 10.4. The maximum atomic E-state index is 5.13. The molecule has 1 unspecified atom stereocenters. The first-order valence-electron chi connectivity index (χ1n) is 4.59. The number of nitrogens with one attached hydrogen (secondary N) is 2. The van der Waals surface area contributed by atoms with Gasteiger partial charge in [0.2, 0.25) is 0 Å². The summed E-state index contributed by atoms with van der Waals surface area (Å²) in [5.74, 6) is 0. The fraction of sp³-hybridized carbons (Fsp3) is 1.00. The molecule has 0 saturated carbocycles. The summed E-state index contributed by atoms with van der Waals surface area (Å²) in [7, 11) is 4.16. The molecule has 13 heavy (non-hydrogen) atoms. The number of hydrogen-bond donors (Lipinski definition) is 2. The van der Waals surface area contributed by atoms with Crippen molar-refractivity contribution in [1.82, 2.24) is 15.5 Å². The lowest BCUT2D eigenvalue weighted by Crippen LogP contribution is -2.43. The summed E-state index contributed by atoms with van der Waals surface area (Å²) < 4.78 is 5.13. The van der Waals surface area contributed by atoms with E-state index in [0.717, 1.165) is 26.1 Å². The second kappa shape index (κ2) is 9.14. The second-order valence-electron chi connectivity index (χ2n) is 3.14. The van der Waals surface area contributed by atoms with Crippen LogP contribution in [0, 0.1) is 0 Å². The van der Waals surface area contributed by atoms with Crippen LogP contribution in [0.15, 0.2) is 0 Å². The SMILES string of the molecule is CCNC(NCCCN(C)C)OI. The Morgan fingerprint density at radius 2 is 2.08 bits per heavy atom. The molecule has 2 N–H and O–H groups in total. The van der Waals surface area contributed by atoms with Crippen LogP contribution in [0.4, 0.5) is 0 Å². The molecular weight excluding hydrogens is 281 g/mol. The van der Waals surface area contributed by atoms with Crippen molar-refractivity contribution >= 4 is 23.0 Å². The maximum Gasteiger partial charge on any atom is 0.175 e. The van der Waals surface area contributed by atoms with Gasteiger partial charge in [-0.2, -0.15) is 0 Å². The van der Waals surface area contributed by atoms with Crippen LogP contribution < -0.4 is 10.6 Å². The van der Waals surface area contributed by atoms with E-state index in [2.05, 4.69) is 36.6 Å². The molecule has 0 heterocycles. The minimum atomic E-state index is -0.0206. The van der Waals surface area contributed by atoms with Gasteiger partial charge in [-0.1, -0.05) is 6.92 Å². The Labute approximate surface area is 95.1 Å². The minimum Gasteiger partial charge on any atom is -0.309 e. The molecule has 0 aliphatic rings. The van der Waals surface area contributed by atoms with Gasteiger partial charge in [-0.15, -0.1) is 0 Å². The van der Waals surface area contributed by atoms with Crippen molar-refractivity contribution in [3.63, 3.8) is 0 Å². The summed E-state index contributed by atoms with van der Waals surface area (Å²) in [6.07, 6.45) is 1.11. The van der Waals surface area contributed by atoms with Crippen molar-refractivity contribution in [2.24, 2.45) is 0 Å². The highest BCUT2D eigenvalue weighted by Crippen LogP contribution is 1.91. The molecule has 0 aromatic carbocycles. The molecule has 0 aliphatic heterocycles. The lowest BCUT2D eigenvalue weighted by Gasteiger charge is -2.16. The van der Waals surface area contributed by atoms with Crippen LogP contribution in [0.3, 0.4) is 0 Å². The van der Waals surface area contributed by atoms with Gasteiger partial charge in [-0.05, 0) is 40.2 Å². The average molecular weight is 301 g/mol. The minimum absolute atomic E-state index is 0.0206. The number of hydrogen-bond acceptors (Lipinski definition) is 4. The van der Waals surface area contributed by atoms with Crippen LogP contribution in [0.2, 0.25) is 0 Å². The van der Waals surface area contributed by atoms with Crippen molar-refractivity contribution in [2.75, 3.05) is 33.7 Å². The van der Waals surface area contributed by atoms with Crippen molar-refractivity contribution in [3.05, 3.63) is 0 Å². The first kappa shape index (κ1) is 13.6.